The largest absolute Gasteiger partial charge is 0.313 e. The Balaban J connectivity index is 1.71. The third-order valence-corrected chi connectivity index (χ3v) is 3.99. The maximum Gasteiger partial charge on any atom is 0.136 e. The number of rotatable bonds is 3. The summed E-state index contributed by atoms with van der Waals surface area (Å²) in [4.78, 5) is 0. The zero-order chi connectivity index (χ0) is 9.15. The molecule has 0 aliphatic carbocycles. The molecule has 2 N–H and O–H groups in total. The fourth-order valence-corrected chi connectivity index (χ4v) is 3.07. The van der Waals surface area contributed by atoms with E-state index in [2.05, 4.69) is 10.6 Å². The summed E-state index contributed by atoms with van der Waals surface area (Å²) in [6.45, 7) is 1.89. The Morgan fingerprint density at radius 1 is 1.62 bits per heavy atom. The third kappa shape index (κ3) is 2.58. The molecule has 0 bridgehead atoms. The Labute approximate surface area is 83.0 Å². The Bertz CT molecular complexity index is 165. The molecule has 0 radical (unpaired) electrons. The molecule has 0 saturated carbocycles. The Morgan fingerprint density at radius 2 is 2.54 bits per heavy atom. The summed E-state index contributed by atoms with van der Waals surface area (Å²) in [5, 5.41) is 6.40. The SMILES string of the molecule is FC1(CNC2CCSC2)CCNC1. The number of alkyl halides is 1. The monoisotopic (exact) mass is 204 g/mol. The van der Waals surface area contributed by atoms with Crippen LogP contribution in [0.3, 0.4) is 0 Å². The van der Waals surface area contributed by atoms with Crippen LogP contribution in [0, 0.1) is 0 Å². The molecule has 2 nitrogen and oxygen atoms in total. The van der Waals surface area contributed by atoms with Crippen molar-refractivity contribution in [2.45, 2.75) is 24.6 Å². The molecule has 2 heterocycles. The van der Waals surface area contributed by atoms with Gasteiger partial charge in [-0.05, 0) is 25.1 Å². The van der Waals surface area contributed by atoms with Crippen LogP contribution in [-0.4, -0.2) is 42.9 Å². The second-order valence-corrected chi connectivity index (χ2v) is 5.17. The molecule has 4 heteroatoms. The van der Waals surface area contributed by atoms with E-state index >= 15 is 0 Å². The number of nitrogens with one attached hydrogen (secondary N) is 2. The second kappa shape index (κ2) is 4.15. The van der Waals surface area contributed by atoms with Gasteiger partial charge in [-0.1, -0.05) is 0 Å². The van der Waals surface area contributed by atoms with E-state index < -0.39 is 5.67 Å². The van der Waals surface area contributed by atoms with Crippen LogP contribution in [0.1, 0.15) is 12.8 Å². The maximum atomic E-state index is 13.8. The van der Waals surface area contributed by atoms with Crippen LogP contribution in [0.5, 0.6) is 0 Å². The summed E-state index contributed by atoms with van der Waals surface area (Å²) in [6.07, 6.45) is 1.87. The highest BCUT2D eigenvalue weighted by Gasteiger charge is 2.34. The molecule has 0 aromatic heterocycles. The van der Waals surface area contributed by atoms with Crippen LogP contribution >= 0.6 is 11.8 Å². The molecule has 0 spiro atoms. The first kappa shape index (κ1) is 9.74. The third-order valence-electron chi connectivity index (χ3n) is 2.83. The van der Waals surface area contributed by atoms with Gasteiger partial charge in [-0.15, -0.1) is 0 Å². The molecule has 2 saturated heterocycles. The number of hydrogen-bond acceptors (Lipinski definition) is 3. The molecule has 2 atom stereocenters. The molecule has 2 rings (SSSR count). The van der Waals surface area contributed by atoms with Gasteiger partial charge in [-0.25, -0.2) is 4.39 Å². The Hall–Kier alpha value is 0.200. The zero-order valence-corrected chi connectivity index (χ0v) is 8.63. The van der Waals surface area contributed by atoms with Crippen molar-refractivity contribution in [3.63, 3.8) is 0 Å². The average Bonchev–Trinajstić information content (AvgIpc) is 2.72. The van der Waals surface area contributed by atoms with Crippen molar-refractivity contribution in [1.82, 2.24) is 10.6 Å². The lowest BCUT2D eigenvalue weighted by Gasteiger charge is -2.21. The van der Waals surface area contributed by atoms with Gasteiger partial charge in [-0.2, -0.15) is 11.8 Å². The first-order valence-electron chi connectivity index (χ1n) is 4.99. The minimum absolute atomic E-state index is 0.528. The van der Waals surface area contributed by atoms with E-state index in [1.165, 1.54) is 12.2 Å². The molecule has 0 aromatic carbocycles. The van der Waals surface area contributed by atoms with E-state index in [-0.39, 0.29) is 0 Å². The van der Waals surface area contributed by atoms with Crippen molar-refractivity contribution < 1.29 is 4.39 Å². The van der Waals surface area contributed by atoms with Crippen molar-refractivity contribution in [3.05, 3.63) is 0 Å². The number of thioether (sulfide) groups is 1. The highest BCUT2D eigenvalue weighted by molar-refractivity contribution is 7.99. The zero-order valence-electron chi connectivity index (χ0n) is 7.81. The van der Waals surface area contributed by atoms with Crippen LogP contribution in [0.15, 0.2) is 0 Å². The van der Waals surface area contributed by atoms with Gasteiger partial charge < -0.3 is 10.6 Å². The summed E-state index contributed by atoms with van der Waals surface area (Å²) in [6, 6.07) is 0.554. The van der Waals surface area contributed by atoms with Crippen LogP contribution in [-0.2, 0) is 0 Å². The summed E-state index contributed by atoms with van der Waals surface area (Å²) in [5.41, 5.74) is -0.979. The van der Waals surface area contributed by atoms with E-state index in [0.717, 1.165) is 12.3 Å². The lowest BCUT2D eigenvalue weighted by molar-refractivity contribution is 0.180. The van der Waals surface area contributed by atoms with E-state index in [0.29, 0.717) is 25.6 Å². The van der Waals surface area contributed by atoms with Crippen LogP contribution in [0.25, 0.3) is 0 Å². The first-order valence-corrected chi connectivity index (χ1v) is 6.15. The fourth-order valence-electron chi connectivity index (χ4n) is 1.89. The maximum absolute atomic E-state index is 13.8. The van der Waals surface area contributed by atoms with Crippen molar-refractivity contribution in [1.29, 1.82) is 0 Å². The van der Waals surface area contributed by atoms with Gasteiger partial charge in [0.1, 0.15) is 5.67 Å². The first-order chi connectivity index (χ1) is 6.29. The van der Waals surface area contributed by atoms with Gasteiger partial charge in [-0.3, -0.25) is 0 Å². The molecule has 76 valence electrons. The molecule has 2 unspecified atom stereocenters. The van der Waals surface area contributed by atoms with Gasteiger partial charge >= 0.3 is 0 Å². The van der Waals surface area contributed by atoms with Gasteiger partial charge in [0.15, 0.2) is 0 Å². The predicted octanol–water partition coefficient (Wildman–Crippen LogP) is 0.783. The molecule has 2 fully saturated rings. The van der Waals surface area contributed by atoms with Gasteiger partial charge in [0.2, 0.25) is 0 Å². The minimum Gasteiger partial charge on any atom is -0.313 e. The molecular weight excluding hydrogens is 187 g/mol. The van der Waals surface area contributed by atoms with E-state index in [4.69, 9.17) is 0 Å². The van der Waals surface area contributed by atoms with Gasteiger partial charge in [0.05, 0.1) is 0 Å². The lowest BCUT2D eigenvalue weighted by Crippen LogP contribution is -2.43. The van der Waals surface area contributed by atoms with E-state index in [9.17, 15) is 4.39 Å². The fraction of sp³-hybridized carbons (Fsp3) is 1.00. The predicted molar refractivity (Wildman–Crippen MR) is 55.1 cm³/mol. The molecule has 0 aromatic rings. The summed E-state index contributed by atoms with van der Waals surface area (Å²) in [7, 11) is 0. The Kier molecular flexibility index (Phi) is 3.11. The topological polar surface area (TPSA) is 24.1 Å². The van der Waals surface area contributed by atoms with Gasteiger partial charge in [0.25, 0.3) is 0 Å². The average molecular weight is 204 g/mol. The van der Waals surface area contributed by atoms with Crippen LogP contribution in [0.2, 0.25) is 0 Å². The van der Waals surface area contributed by atoms with Crippen molar-refractivity contribution in [2.75, 3.05) is 31.1 Å². The van der Waals surface area contributed by atoms with Crippen LogP contribution < -0.4 is 10.6 Å². The van der Waals surface area contributed by atoms with E-state index in [1.54, 1.807) is 0 Å². The molecule has 2 aliphatic rings. The minimum atomic E-state index is -0.979. The smallest absolute Gasteiger partial charge is 0.136 e. The number of hydrogen-bond donors (Lipinski definition) is 2. The quantitative estimate of drug-likeness (QED) is 0.710. The Morgan fingerprint density at radius 3 is 3.15 bits per heavy atom. The summed E-state index contributed by atoms with van der Waals surface area (Å²) >= 11 is 1.96. The normalized spacial score (nSPS) is 39.9. The van der Waals surface area contributed by atoms with E-state index in [1.807, 2.05) is 11.8 Å². The second-order valence-electron chi connectivity index (χ2n) is 4.02. The van der Waals surface area contributed by atoms with Crippen LogP contribution in [0.4, 0.5) is 4.39 Å². The number of halogens is 1. The van der Waals surface area contributed by atoms with Crippen molar-refractivity contribution in [3.8, 4) is 0 Å². The van der Waals surface area contributed by atoms with Gasteiger partial charge in [0, 0.05) is 24.9 Å². The highest BCUT2D eigenvalue weighted by Crippen LogP contribution is 2.21. The standard InChI is InChI=1S/C9H17FN2S/c10-9(2-3-11-6-9)7-12-8-1-4-13-5-8/h8,11-12H,1-7H2. The molecular formula is C9H17FN2S. The van der Waals surface area contributed by atoms with Crippen molar-refractivity contribution >= 4 is 11.8 Å². The molecule has 0 amide bonds. The van der Waals surface area contributed by atoms with Crippen molar-refractivity contribution in [2.24, 2.45) is 0 Å². The lowest BCUT2D eigenvalue weighted by atomic mass is 10.1. The molecule has 2 aliphatic heterocycles. The summed E-state index contributed by atoms with van der Waals surface area (Å²) in [5.74, 6) is 2.39. The molecule has 13 heavy (non-hydrogen) atoms. The highest BCUT2D eigenvalue weighted by atomic mass is 32.2. The summed E-state index contributed by atoms with van der Waals surface area (Å²) < 4.78 is 13.8.